The highest BCUT2D eigenvalue weighted by atomic mass is 32.2. The lowest BCUT2D eigenvalue weighted by Gasteiger charge is -2.04. The monoisotopic (exact) mass is 266 g/mol. The van der Waals surface area contributed by atoms with Crippen LogP contribution in [0.1, 0.15) is 43.0 Å². The minimum Gasteiger partial charge on any atom is -0.373 e. The van der Waals surface area contributed by atoms with Crippen LogP contribution in [0.25, 0.3) is 0 Å². The fraction of sp³-hybridized carbons (Fsp3) is 0.533. The van der Waals surface area contributed by atoms with Gasteiger partial charge < -0.3 is 4.74 Å². The van der Waals surface area contributed by atoms with Gasteiger partial charge >= 0.3 is 0 Å². The lowest BCUT2D eigenvalue weighted by Crippen LogP contribution is -2.09. The molecule has 0 heterocycles. The lowest BCUT2D eigenvalue weighted by atomic mass is 10.1. The Morgan fingerprint density at radius 2 is 1.89 bits per heavy atom. The number of hydrogen-bond donors (Lipinski definition) is 0. The third-order valence-corrected chi connectivity index (χ3v) is 3.53. The van der Waals surface area contributed by atoms with Crippen molar-refractivity contribution in [1.29, 1.82) is 0 Å². The third kappa shape index (κ3) is 5.69. The van der Waals surface area contributed by atoms with Crippen molar-refractivity contribution < 1.29 is 9.53 Å². The highest BCUT2D eigenvalue weighted by Gasteiger charge is 2.05. The molecule has 0 aliphatic rings. The Labute approximate surface area is 114 Å². The summed E-state index contributed by atoms with van der Waals surface area (Å²) in [5.74, 6) is 0.0677. The molecule has 1 rings (SSSR count). The molecule has 0 aliphatic carbocycles. The average Bonchev–Trinajstić information content (AvgIpc) is 2.42. The molecule has 2 nitrogen and oxygen atoms in total. The van der Waals surface area contributed by atoms with Gasteiger partial charge in [-0.3, -0.25) is 4.79 Å². The summed E-state index contributed by atoms with van der Waals surface area (Å²) < 4.78 is 5.40. The van der Waals surface area contributed by atoms with E-state index in [1.165, 1.54) is 24.2 Å². The molecule has 0 radical (unpaired) electrons. The second-order valence-corrected chi connectivity index (χ2v) is 5.14. The molecule has 0 unspecified atom stereocenters. The molecule has 0 fully saturated rings. The summed E-state index contributed by atoms with van der Waals surface area (Å²) in [4.78, 5) is 13.0. The Balaban J connectivity index is 2.23. The van der Waals surface area contributed by atoms with Crippen LogP contribution in [0.5, 0.6) is 0 Å². The number of ether oxygens (including phenoxy) is 1. The molecule has 1 aromatic carbocycles. The Hall–Kier alpha value is -0.800. The van der Waals surface area contributed by atoms with Gasteiger partial charge in [0.05, 0.1) is 0 Å². The first-order chi connectivity index (χ1) is 8.77. The molecule has 0 N–H and O–H groups in total. The van der Waals surface area contributed by atoms with E-state index in [1.807, 2.05) is 30.5 Å². The molecule has 18 heavy (non-hydrogen) atoms. The van der Waals surface area contributed by atoms with Gasteiger partial charge in [0.2, 0.25) is 0 Å². The number of rotatable bonds is 9. The molecule has 3 heteroatoms. The largest absolute Gasteiger partial charge is 0.373 e. The highest BCUT2D eigenvalue weighted by Crippen LogP contribution is 2.15. The van der Waals surface area contributed by atoms with Crippen molar-refractivity contribution in [3.63, 3.8) is 0 Å². The van der Waals surface area contributed by atoms with E-state index in [-0.39, 0.29) is 12.4 Å². The van der Waals surface area contributed by atoms with Crippen molar-refractivity contribution in [3.8, 4) is 0 Å². The van der Waals surface area contributed by atoms with Gasteiger partial charge in [-0.15, -0.1) is 11.8 Å². The first-order valence-electron chi connectivity index (χ1n) is 6.53. The van der Waals surface area contributed by atoms with Crippen LogP contribution in [-0.2, 0) is 4.74 Å². The maximum Gasteiger partial charge on any atom is 0.188 e. The summed E-state index contributed by atoms with van der Waals surface area (Å²) >= 11 is 1.68. The lowest BCUT2D eigenvalue weighted by molar-refractivity contribution is 0.0752. The van der Waals surface area contributed by atoms with Gasteiger partial charge in [-0.1, -0.05) is 38.3 Å². The van der Waals surface area contributed by atoms with Crippen LogP contribution in [0.4, 0.5) is 0 Å². The van der Waals surface area contributed by atoms with Crippen LogP contribution < -0.4 is 0 Å². The van der Waals surface area contributed by atoms with Crippen molar-refractivity contribution in [1.82, 2.24) is 0 Å². The molecule has 0 atom stereocenters. The summed E-state index contributed by atoms with van der Waals surface area (Å²) in [6, 6.07) is 7.68. The number of unbranched alkanes of at least 4 members (excludes halogenated alkanes) is 3. The van der Waals surface area contributed by atoms with Crippen molar-refractivity contribution in [2.24, 2.45) is 0 Å². The molecular formula is C15H22O2S. The smallest absolute Gasteiger partial charge is 0.188 e. The first-order valence-corrected chi connectivity index (χ1v) is 7.75. The van der Waals surface area contributed by atoms with E-state index < -0.39 is 0 Å². The zero-order valence-corrected chi connectivity index (χ0v) is 12.1. The van der Waals surface area contributed by atoms with E-state index in [4.69, 9.17) is 4.74 Å². The molecule has 0 saturated heterocycles. The molecule has 0 saturated carbocycles. The topological polar surface area (TPSA) is 26.3 Å². The third-order valence-electron chi connectivity index (χ3n) is 2.79. The van der Waals surface area contributed by atoms with E-state index in [9.17, 15) is 4.79 Å². The first kappa shape index (κ1) is 15.3. The summed E-state index contributed by atoms with van der Waals surface area (Å²) in [5, 5.41) is 0. The number of thioether (sulfide) groups is 1. The second kappa shape index (κ2) is 9.17. The number of Topliss-reactive ketones (excluding diaryl/α,β-unsaturated/α-hetero) is 1. The molecule has 0 amide bonds. The Kier molecular flexibility index (Phi) is 7.78. The van der Waals surface area contributed by atoms with Gasteiger partial charge in [-0.2, -0.15) is 0 Å². The van der Waals surface area contributed by atoms with Crippen molar-refractivity contribution in [2.75, 3.05) is 19.5 Å². The molecule has 100 valence electrons. The minimum atomic E-state index is 0.0677. The maximum absolute atomic E-state index is 11.8. The van der Waals surface area contributed by atoms with Crippen molar-refractivity contribution in [3.05, 3.63) is 29.8 Å². The predicted molar refractivity (Wildman–Crippen MR) is 77.5 cm³/mol. The zero-order chi connectivity index (χ0) is 13.2. The SMILES string of the molecule is CCCCCCOCC(=O)c1ccc(SC)cc1. The summed E-state index contributed by atoms with van der Waals surface area (Å²) in [7, 11) is 0. The molecule has 0 bridgehead atoms. The van der Waals surface area contributed by atoms with E-state index in [0.29, 0.717) is 6.61 Å². The second-order valence-electron chi connectivity index (χ2n) is 4.26. The Bertz CT molecular complexity index is 346. The van der Waals surface area contributed by atoms with Crippen LogP contribution in [0.15, 0.2) is 29.2 Å². The molecule has 0 aromatic heterocycles. The molecule has 0 spiro atoms. The molecule has 0 aliphatic heterocycles. The van der Waals surface area contributed by atoms with Crippen LogP contribution in [0.2, 0.25) is 0 Å². The number of hydrogen-bond acceptors (Lipinski definition) is 3. The predicted octanol–water partition coefficient (Wildman–Crippen LogP) is 4.19. The maximum atomic E-state index is 11.8. The van der Waals surface area contributed by atoms with Gasteiger partial charge in [-0.05, 0) is 24.8 Å². The van der Waals surface area contributed by atoms with E-state index in [1.54, 1.807) is 11.8 Å². The molecular weight excluding hydrogens is 244 g/mol. The van der Waals surface area contributed by atoms with Crippen LogP contribution >= 0.6 is 11.8 Å². The van der Waals surface area contributed by atoms with Gasteiger partial charge in [0.15, 0.2) is 5.78 Å². The van der Waals surface area contributed by atoms with E-state index >= 15 is 0 Å². The summed E-state index contributed by atoms with van der Waals surface area (Å²) in [6.45, 7) is 3.07. The Morgan fingerprint density at radius 1 is 1.17 bits per heavy atom. The number of carbonyl (C=O) groups excluding carboxylic acids is 1. The fourth-order valence-electron chi connectivity index (χ4n) is 1.66. The summed E-state index contributed by atoms with van der Waals surface area (Å²) in [5.41, 5.74) is 0.737. The van der Waals surface area contributed by atoms with E-state index in [2.05, 4.69) is 6.92 Å². The van der Waals surface area contributed by atoms with Gasteiger partial charge in [-0.25, -0.2) is 0 Å². The highest BCUT2D eigenvalue weighted by molar-refractivity contribution is 7.98. The summed E-state index contributed by atoms with van der Waals surface area (Å²) in [6.07, 6.45) is 6.73. The zero-order valence-electron chi connectivity index (χ0n) is 11.3. The van der Waals surface area contributed by atoms with Gasteiger partial charge in [0, 0.05) is 17.1 Å². The van der Waals surface area contributed by atoms with E-state index in [0.717, 1.165) is 12.0 Å². The van der Waals surface area contributed by atoms with Crippen molar-refractivity contribution >= 4 is 17.5 Å². The van der Waals surface area contributed by atoms with Gasteiger partial charge in [0.1, 0.15) is 6.61 Å². The minimum absolute atomic E-state index is 0.0677. The van der Waals surface area contributed by atoms with Crippen molar-refractivity contribution in [2.45, 2.75) is 37.5 Å². The van der Waals surface area contributed by atoms with Crippen LogP contribution in [-0.4, -0.2) is 25.3 Å². The fourth-order valence-corrected chi connectivity index (χ4v) is 2.06. The normalized spacial score (nSPS) is 10.6. The average molecular weight is 266 g/mol. The quantitative estimate of drug-likeness (QED) is 0.381. The number of ketones is 1. The van der Waals surface area contributed by atoms with Gasteiger partial charge in [0.25, 0.3) is 0 Å². The van der Waals surface area contributed by atoms with Crippen LogP contribution in [0.3, 0.4) is 0 Å². The van der Waals surface area contributed by atoms with Crippen LogP contribution in [0, 0.1) is 0 Å². The Morgan fingerprint density at radius 3 is 2.50 bits per heavy atom. The number of carbonyl (C=O) groups is 1. The number of benzene rings is 1. The standard InChI is InChI=1S/C15H22O2S/c1-3-4-5-6-11-17-12-15(16)13-7-9-14(18-2)10-8-13/h7-10H,3-6,11-12H2,1-2H3. The molecule has 1 aromatic rings.